The molecule has 1 amide bonds. The summed E-state index contributed by atoms with van der Waals surface area (Å²) in [7, 11) is 0. The van der Waals surface area contributed by atoms with Crippen molar-refractivity contribution < 1.29 is 9.90 Å². The second kappa shape index (κ2) is 5.19. The van der Waals surface area contributed by atoms with Crippen molar-refractivity contribution >= 4 is 17.2 Å². The van der Waals surface area contributed by atoms with Crippen LogP contribution in [-0.2, 0) is 6.42 Å². The van der Waals surface area contributed by atoms with Gasteiger partial charge in [0, 0.05) is 18.0 Å². The van der Waals surface area contributed by atoms with E-state index >= 15 is 0 Å². The molecular formula is C13H19NO2S. The molecule has 4 heteroatoms. The average Bonchev–Trinajstić information content (AvgIpc) is 2.69. The molecule has 0 aromatic carbocycles. The predicted molar refractivity (Wildman–Crippen MR) is 69.6 cm³/mol. The van der Waals surface area contributed by atoms with Crippen molar-refractivity contribution in [3.63, 3.8) is 0 Å². The van der Waals surface area contributed by atoms with E-state index in [9.17, 15) is 9.90 Å². The van der Waals surface area contributed by atoms with Gasteiger partial charge in [0.2, 0.25) is 0 Å². The van der Waals surface area contributed by atoms with Crippen LogP contribution >= 0.6 is 11.3 Å². The van der Waals surface area contributed by atoms with Gasteiger partial charge in [0.25, 0.3) is 5.91 Å². The number of likely N-dealkylation sites (tertiary alicyclic amines) is 1. The predicted octanol–water partition coefficient (Wildman–Crippen LogP) is 2.22. The fourth-order valence-electron chi connectivity index (χ4n) is 2.27. The standard InChI is InChI=1S/C13H19NO2S/c1-3-11-9(2)7-12(17-11)13(16)14-6-4-5-10(15)8-14/h7,10,15H,3-6,8H2,1-2H3. The van der Waals surface area contributed by atoms with E-state index in [1.165, 1.54) is 10.4 Å². The van der Waals surface area contributed by atoms with Crippen molar-refractivity contribution in [2.45, 2.75) is 39.2 Å². The molecular weight excluding hydrogens is 234 g/mol. The Bertz CT molecular complexity index is 414. The lowest BCUT2D eigenvalue weighted by Crippen LogP contribution is -2.41. The summed E-state index contributed by atoms with van der Waals surface area (Å²) in [6, 6.07) is 1.98. The van der Waals surface area contributed by atoms with Crippen LogP contribution in [0.1, 0.15) is 39.9 Å². The van der Waals surface area contributed by atoms with Crippen LogP contribution in [0, 0.1) is 6.92 Å². The second-order valence-electron chi connectivity index (χ2n) is 4.62. The van der Waals surface area contributed by atoms with Crippen molar-refractivity contribution in [2.24, 2.45) is 0 Å². The Morgan fingerprint density at radius 1 is 1.65 bits per heavy atom. The maximum absolute atomic E-state index is 12.3. The van der Waals surface area contributed by atoms with Crippen molar-refractivity contribution in [3.8, 4) is 0 Å². The lowest BCUT2D eigenvalue weighted by Gasteiger charge is -2.29. The monoisotopic (exact) mass is 253 g/mol. The van der Waals surface area contributed by atoms with Gasteiger partial charge >= 0.3 is 0 Å². The first kappa shape index (κ1) is 12.6. The molecule has 1 aromatic rings. The summed E-state index contributed by atoms with van der Waals surface area (Å²) in [5.41, 5.74) is 1.21. The molecule has 0 bridgehead atoms. The van der Waals surface area contributed by atoms with Crippen molar-refractivity contribution in [1.29, 1.82) is 0 Å². The second-order valence-corrected chi connectivity index (χ2v) is 5.75. The third kappa shape index (κ3) is 2.69. The van der Waals surface area contributed by atoms with Gasteiger partial charge in [-0.1, -0.05) is 6.92 Å². The Morgan fingerprint density at radius 3 is 3.00 bits per heavy atom. The quantitative estimate of drug-likeness (QED) is 0.878. The third-order valence-corrected chi connectivity index (χ3v) is 4.61. The molecule has 2 heterocycles. The maximum atomic E-state index is 12.3. The number of aliphatic hydroxyl groups is 1. The molecule has 94 valence electrons. The summed E-state index contributed by atoms with van der Waals surface area (Å²) in [5.74, 6) is 0.0801. The Balaban J connectivity index is 2.13. The summed E-state index contributed by atoms with van der Waals surface area (Å²) in [5, 5.41) is 9.59. The summed E-state index contributed by atoms with van der Waals surface area (Å²) >= 11 is 1.59. The number of carbonyl (C=O) groups is 1. The zero-order chi connectivity index (χ0) is 12.4. The van der Waals surface area contributed by atoms with Crippen molar-refractivity contribution in [1.82, 2.24) is 4.90 Å². The molecule has 0 saturated carbocycles. The minimum Gasteiger partial charge on any atom is -0.391 e. The highest BCUT2D eigenvalue weighted by Gasteiger charge is 2.24. The van der Waals surface area contributed by atoms with Gasteiger partial charge in [-0.05, 0) is 37.8 Å². The zero-order valence-electron chi connectivity index (χ0n) is 10.4. The van der Waals surface area contributed by atoms with Crippen LogP contribution in [0.2, 0.25) is 0 Å². The number of β-amino-alcohol motifs (C(OH)–C–C–N with tert-alkyl or cyclic N) is 1. The Hall–Kier alpha value is -0.870. The first-order valence-electron chi connectivity index (χ1n) is 6.18. The fraction of sp³-hybridized carbons (Fsp3) is 0.615. The molecule has 1 N–H and O–H groups in total. The van der Waals surface area contributed by atoms with E-state index < -0.39 is 0 Å². The van der Waals surface area contributed by atoms with Crippen LogP contribution in [0.25, 0.3) is 0 Å². The molecule has 17 heavy (non-hydrogen) atoms. The largest absolute Gasteiger partial charge is 0.391 e. The summed E-state index contributed by atoms with van der Waals surface area (Å²) < 4.78 is 0. The molecule has 0 aliphatic carbocycles. The van der Waals surface area contributed by atoms with Crippen LogP contribution in [-0.4, -0.2) is 35.1 Å². The van der Waals surface area contributed by atoms with Gasteiger partial charge in [0.1, 0.15) is 0 Å². The molecule has 0 spiro atoms. The smallest absolute Gasteiger partial charge is 0.264 e. The van der Waals surface area contributed by atoms with Gasteiger partial charge in [-0.15, -0.1) is 11.3 Å². The highest BCUT2D eigenvalue weighted by molar-refractivity contribution is 7.14. The molecule has 1 saturated heterocycles. The van der Waals surface area contributed by atoms with E-state index in [1.54, 1.807) is 16.2 Å². The number of aryl methyl sites for hydroxylation is 2. The fourth-order valence-corrected chi connectivity index (χ4v) is 3.35. The van der Waals surface area contributed by atoms with E-state index in [0.29, 0.717) is 6.54 Å². The molecule has 1 aliphatic heterocycles. The molecule has 3 nitrogen and oxygen atoms in total. The molecule has 1 atom stereocenters. The minimum absolute atomic E-state index is 0.0801. The number of hydrogen-bond donors (Lipinski definition) is 1. The van der Waals surface area contributed by atoms with Gasteiger partial charge in [0.15, 0.2) is 0 Å². The Labute approximate surface area is 106 Å². The lowest BCUT2D eigenvalue weighted by atomic mass is 10.1. The van der Waals surface area contributed by atoms with E-state index in [-0.39, 0.29) is 12.0 Å². The van der Waals surface area contributed by atoms with E-state index in [2.05, 4.69) is 13.8 Å². The maximum Gasteiger partial charge on any atom is 0.264 e. The molecule has 2 rings (SSSR count). The number of rotatable bonds is 2. The van der Waals surface area contributed by atoms with E-state index in [0.717, 1.165) is 30.7 Å². The van der Waals surface area contributed by atoms with Crippen LogP contribution < -0.4 is 0 Å². The third-order valence-electron chi connectivity index (χ3n) is 3.24. The van der Waals surface area contributed by atoms with Gasteiger partial charge in [0.05, 0.1) is 11.0 Å². The summed E-state index contributed by atoms with van der Waals surface area (Å²) in [4.78, 5) is 16.1. The van der Waals surface area contributed by atoms with Gasteiger partial charge in [-0.2, -0.15) is 0 Å². The van der Waals surface area contributed by atoms with Gasteiger partial charge < -0.3 is 10.0 Å². The first-order valence-corrected chi connectivity index (χ1v) is 7.00. The highest BCUT2D eigenvalue weighted by atomic mass is 32.1. The summed E-state index contributed by atoms with van der Waals surface area (Å²) in [6.45, 7) is 5.42. The minimum atomic E-state index is -0.348. The number of carbonyl (C=O) groups excluding carboxylic acids is 1. The SMILES string of the molecule is CCc1sc(C(=O)N2CCCC(O)C2)cc1C. The first-order chi connectivity index (χ1) is 8.11. The van der Waals surface area contributed by atoms with Crippen molar-refractivity contribution in [3.05, 3.63) is 21.4 Å². The molecule has 1 aliphatic rings. The molecule has 1 aromatic heterocycles. The van der Waals surface area contributed by atoms with Crippen LogP contribution in [0.15, 0.2) is 6.07 Å². The molecule has 1 fully saturated rings. The zero-order valence-corrected chi connectivity index (χ0v) is 11.2. The van der Waals surface area contributed by atoms with Crippen LogP contribution in [0.5, 0.6) is 0 Å². The van der Waals surface area contributed by atoms with Crippen LogP contribution in [0.4, 0.5) is 0 Å². The lowest BCUT2D eigenvalue weighted by molar-refractivity contribution is 0.0477. The number of nitrogens with zero attached hydrogens (tertiary/aromatic N) is 1. The number of thiophene rings is 1. The normalized spacial score (nSPS) is 20.6. The number of amides is 1. The Kier molecular flexibility index (Phi) is 3.84. The average molecular weight is 253 g/mol. The van der Waals surface area contributed by atoms with Gasteiger partial charge in [-0.25, -0.2) is 0 Å². The molecule has 0 radical (unpaired) electrons. The number of piperidine rings is 1. The Morgan fingerprint density at radius 2 is 2.41 bits per heavy atom. The van der Waals surface area contributed by atoms with Gasteiger partial charge in [-0.3, -0.25) is 4.79 Å². The van der Waals surface area contributed by atoms with Crippen molar-refractivity contribution in [2.75, 3.05) is 13.1 Å². The topological polar surface area (TPSA) is 40.5 Å². The van der Waals surface area contributed by atoms with Crippen LogP contribution in [0.3, 0.4) is 0 Å². The highest BCUT2D eigenvalue weighted by Crippen LogP contribution is 2.24. The number of aliphatic hydroxyl groups excluding tert-OH is 1. The summed E-state index contributed by atoms with van der Waals surface area (Å²) in [6.07, 6.45) is 2.34. The van der Waals surface area contributed by atoms with E-state index in [4.69, 9.17) is 0 Å². The number of hydrogen-bond acceptors (Lipinski definition) is 3. The molecule has 1 unspecified atom stereocenters. The van der Waals surface area contributed by atoms with E-state index in [1.807, 2.05) is 6.07 Å².